The predicted octanol–water partition coefficient (Wildman–Crippen LogP) is 3.15. The molecule has 0 spiro atoms. The maximum atomic E-state index is 4.35. The molecule has 0 N–H and O–H groups in total. The first-order chi connectivity index (χ1) is 5.88. The van der Waals surface area contributed by atoms with Crippen LogP contribution in [0.25, 0.3) is 0 Å². The van der Waals surface area contributed by atoms with Crippen LogP contribution in [-0.2, 0) is 6.42 Å². The van der Waals surface area contributed by atoms with Gasteiger partial charge in [-0.2, -0.15) is 0 Å². The summed E-state index contributed by atoms with van der Waals surface area (Å²) >= 11 is 1.83. The number of hydrogen-bond acceptors (Lipinski definition) is 2. The summed E-state index contributed by atoms with van der Waals surface area (Å²) in [5, 5.41) is 1.21. The number of hydrogen-bond donors (Lipinski definition) is 0. The SMILES string of the molecule is CCCc1cccnc1SCC. The van der Waals surface area contributed by atoms with E-state index in [1.54, 1.807) is 0 Å². The zero-order chi connectivity index (χ0) is 8.81. The van der Waals surface area contributed by atoms with Gasteiger partial charge in [-0.1, -0.05) is 26.3 Å². The molecule has 0 aliphatic heterocycles. The lowest BCUT2D eigenvalue weighted by molar-refractivity contribution is 0.875. The predicted molar refractivity (Wildman–Crippen MR) is 54.6 cm³/mol. The molecular formula is C10H15NS. The van der Waals surface area contributed by atoms with Gasteiger partial charge < -0.3 is 0 Å². The minimum Gasteiger partial charge on any atom is -0.250 e. The van der Waals surface area contributed by atoms with E-state index in [9.17, 15) is 0 Å². The first-order valence-electron chi connectivity index (χ1n) is 4.45. The number of thioether (sulfide) groups is 1. The zero-order valence-corrected chi connectivity index (χ0v) is 8.53. The highest BCUT2D eigenvalue weighted by molar-refractivity contribution is 7.99. The van der Waals surface area contributed by atoms with E-state index in [0.717, 1.165) is 12.2 Å². The van der Waals surface area contributed by atoms with Crippen molar-refractivity contribution in [3.63, 3.8) is 0 Å². The molecule has 12 heavy (non-hydrogen) atoms. The van der Waals surface area contributed by atoms with Crippen LogP contribution < -0.4 is 0 Å². The van der Waals surface area contributed by atoms with Gasteiger partial charge in [0.15, 0.2) is 0 Å². The fourth-order valence-corrected chi connectivity index (χ4v) is 1.91. The summed E-state index contributed by atoms with van der Waals surface area (Å²) in [4.78, 5) is 4.35. The molecule has 0 saturated carbocycles. The topological polar surface area (TPSA) is 12.9 Å². The first-order valence-corrected chi connectivity index (χ1v) is 5.43. The van der Waals surface area contributed by atoms with E-state index in [1.807, 2.05) is 24.0 Å². The van der Waals surface area contributed by atoms with Crippen molar-refractivity contribution in [2.24, 2.45) is 0 Å². The van der Waals surface area contributed by atoms with E-state index in [0.29, 0.717) is 0 Å². The Labute approximate surface area is 78.6 Å². The zero-order valence-electron chi connectivity index (χ0n) is 7.71. The van der Waals surface area contributed by atoms with Crippen molar-refractivity contribution in [2.75, 3.05) is 5.75 Å². The number of aryl methyl sites for hydroxylation is 1. The van der Waals surface area contributed by atoms with Gasteiger partial charge in [0, 0.05) is 6.20 Å². The molecule has 66 valence electrons. The maximum Gasteiger partial charge on any atom is 0.0991 e. The Morgan fingerprint density at radius 1 is 1.42 bits per heavy atom. The molecule has 0 radical (unpaired) electrons. The molecular weight excluding hydrogens is 166 g/mol. The second-order valence-corrected chi connectivity index (χ2v) is 3.90. The Kier molecular flexibility index (Phi) is 4.15. The van der Waals surface area contributed by atoms with E-state index in [4.69, 9.17) is 0 Å². The molecule has 0 bridgehead atoms. The smallest absolute Gasteiger partial charge is 0.0991 e. The molecule has 0 saturated heterocycles. The van der Waals surface area contributed by atoms with Gasteiger partial charge in [-0.15, -0.1) is 11.8 Å². The minimum absolute atomic E-state index is 1.10. The fraction of sp³-hybridized carbons (Fsp3) is 0.500. The van der Waals surface area contributed by atoms with Crippen molar-refractivity contribution in [1.82, 2.24) is 4.98 Å². The Morgan fingerprint density at radius 2 is 2.25 bits per heavy atom. The van der Waals surface area contributed by atoms with E-state index in [-0.39, 0.29) is 0 Å². The fourth-order valence-electron chi connectivity index (χ4n) is 1.15. The number of nitrogens with zero attached hydrogens (tertiary/aromatic N) is 1. The second kappa shape index (κ2) is 5.20. The Bertz CT molecular complexity index is 210. The first kappa shape index (κ1) is 9.59. The average molecular weight is 181 g/mol. The van der Waals surface area contributed by atoms with Crippen LogP contribution in [0.3, 0.4) is 0 Å². The van der Waals surface area contributed by atoms with Gasteiger partial charge >= 0.3 is 0 Å². The molecule has 2 heteroatoms. The van der Waals surface area contributed by atoms with Crippen LogP contribution in [0, 0.1) is 0 Å². The van der Waals surface area contributed by atoms with Crippen LogP contribution >= 0.6 is 11.8 Å². The number of rotatable bonds is 4. The molecule has 0 amide bonds. The lowest BCUT2D eigenvalue weighted by Crippen LogP contribution is -1.90. The Balaban J connectivity index is 2.77. The Morgan fingerprint density at radius 3 is 2.92 bits per heavy atom. The molecule has 0 unspecified atom stereocenters. The summed E-state index contributed by atoms with van der Waals surface area (Å²) in [5.41, 5.74) is 1.40. The monoisotopic (exact) mass is 181 g/mol. The maximum absolute atomic E-state index is 4.35. The highest BCUT2D eigenvalue weighted by atomic mass is 32.2. The highest BCUT2D eigenvalue weighted by Crippen LogP contribution is 2.20. The van der Waals surface area contributed by atoms with Gasteiger partial charge in [-0.3, -0.25) is 0 Å². The second-order valence-electron chi connectivity index (χ2n) is 2.65. The van der Waals surface area contributed by atoms with Crippen molar-refractivity contribution in [3.05, 3.63) is 23.9 Å². The van der Waals surface area contributed by atoms with Gasteiger partial charge in [0.2, 0.25) is 0 Å². The van der Waals surface area contributed by atoms with Crippen LogP contribution in [0.2, 0.25) is 0 Å². The molecule has 0 aliphatic carbocycles. The third-order valence-electron chi connectivity index (χ3n) is 1.65. The standard InChI is InChI=1S/C10H15NS/c1-3-6-9-7-5-8-11-10(9)12-4-2/h5,7-8H,3-4,6H2,1-2H3. The highest BCUT2D eigenvalue weighted by Gasteiger charge is 2.00. The molecule has 1 nitrogen and oxygen atoms in total. The van der Waals surface area contributed by atoms with E-state index in [2.05, 4.69) is 24.9 Å². The van der Waals surface area contributed by atoms with E-state index >= 15 is 0 Å². The van der Waals surface area contributed by atoms with Crippen molar-refractivity contribution < 1.29 is 0 Å². The summed E-state index contributed by atoms with van der Waals surface area (Å²) < 4.78 is 0. The average Bonchev–Trinajstić information content (AvgIpc) is 2.09. The lowest BCUT2D eigenvalue weighted by Gasteiger charge is -2.04. The van der Waals surface area contributed by atoms with Gasteiger partial charge in [-0.05, 0) is 23.8 Å². The molecule has 1 aromatic rings. The molecule has 0 fully saturated rings. The van der Waals surface area contributed by atoms with E-state index in [1.165, 1.54) is 17.0 Å². The lowest BCUT2D eigenvalue weighted by atomic mass is 10.2. The summed E-state index contributed by atoms with van der Waals surface area (Å²) in [6.45, 7) is 4.36. The van der Waals surface area contributed by atoms with Gasteiger partial charge in [0.1, 0.15) is 0 Å². The third kappa shape index (κ3) is 2.52. The normalized spacial score (nSPS) is 10.2. The quantitative estimate of drug-likeness (QED) is 0.662. The molecule has 1 aromatic heterocycles. The molecule has 0 aliphatic rings. The summed E-state index contributed by atoms with van der Waals surface area (Å²) in [7, 11) is 0. The summed E-state index contributed by atoms with van der Waals surface area (Å²) in [6, 6.07) is 4.19. The molecule has 0 atom stereocenters. The molecule has 1 heterocycles. The Hall–Kier alpha value is -0.500. The minimum atomic E-state index is 1.10. The van der Waals surface area contributed by atoms with Crippen molar-refractivity contribution in [1.29, 1.82) is 0 Å². The van der Waals surface area contributed by atoms with Crippen LogP contribution in [0.1, 0.15) is 25.8 Å². The molecule has 1 rings (SSSR count). The van der Waals surface area contributed by atoms with Gasteiger partial charge in [0.25, 0.3) is 0 Å². The number of aromatic nitrogens is 1. The largest absolute Gasteiger partial charge is 0.250 e. The third-order valence-corrected chi connectivity index (χ3v) is 2.58. The van der Waals surface area contributed by atoms with Crippen LogP contribution in [0.15, 0.2) is 23.4 Å². The van der Waals surface area contributed by atoms with Crippen LogP contribution in [0.5, 0.6) is 0 Å². The van der Waals surface area contributed by atoms with Gasteiger partial charge in [-0.25, -0.2) is 4.98 Å². The van der Waals surface area contributed by atoms with Gasteiger partial charge in [0.05, 0.1) is 5.03 Å². The number of pyridine rings is 1. The van der Waals surface area contributed by atoms with Crippen molar-refractivity contribution >= 4 is 11.8 Å². The summed E-state index contributed by atoms with van der Waals surface area (Å²) in [5.74, 6) is 1.10. The summed E-state index contributed by atoms with van der Waals surface area (Å²) in [6.07, 6.45) is 4.22. The van der Waals surface area contributed by atoms with Crippen LogP contribution in [0.4, 0.5) is 0 Å². The van der Waals surface area contributed by atoms with Crippen molar-refractivity contribution in [2.45, 2.75) is 31.7 Å². The molecule has 0 aromatic carbocycles. The van der Waals surface area contributed by atoms with Crippen molar-refractivity contribution in [3.8, 4) is 0 Å². The van der Waals surface area contributed by atoms with Crippen LogP contribution in [-0.4, -0.2) is 10.7 Å². The van der Waals surface area contributed by atoms with E-state index < -0.39 is 0 Å².